The number of carbonyl (C=O) groups excluding carboxylic acids is 1. The molecule has 0 radical (unpaired) electrons. The van der Waals surface area contributed by atoms with Crippen molar-refractivity contribution >= 4 is 51.0 Å². The van der Waals surface area contributed by atoms with Crippen LogP contribution in [0.25, 0.3) is 5.69 Å². The van der Waals surface area contributed by atoms with E-state index in [9.17, 15) is 13.2 Å². The smallest absolute Gasteiger partial charge is 0.271 e. The van der Waals surface area contributed by atoms with Gasteiger partial charge in [0.2, 0.25) is 0 Å². The van der Waals surface area contributed by atoms with E-state index in [1.165, 1.54) is 11.4 Å². The Labute approximate surface area is 232 Å². The minimum Gasteiger partial charge on any atom is -0.316 e. The third-order valence-electron chi connectivity index (χ3n) is 6.16. The quantitative estimate of drug-likeness (QED) is 0.210. The second-order valence-electron chi connectivity index (χ2n) is 8.79. The van der Waals surface area contributed by atoms with Crippen molar-refractivity contribution in [3.05, 3.63) is 111 Å². The molecule has 10 heteroatoms. The number of hydrogen-bond acceptors (Lipinski definition) is 4. The topological polar surface area (TPSA) is 83.8 Å². The summed E-state index contributed by atoms with van der Waals surface area (Å²) in [7, 11) is -2.25. The molecule has 1 N–H and O–H groups in total. The van der Waals surface area contributed by atoms with Gasteiger partial charge in [-0.15, -0.1) is 0 Å². The first-order valence-electron chi connectivity index (χ1n) is 11.6. The van der Waals surface area contributed by atoms with E-state index in [-0.39, 0.29) is 4.90 Å². The molecule has 1 heterocycles. The molecule has 0 unspecified atom stereocenters. The molecule has 0 aliphatic heterocycles. The Bertz CT molecular complexity index is 1630. The predicted molar refractivity (Wildman–Crippen MR) is 154 cm³/mol. The molecule has 38 heavy (non-hydrogen) atoms. The van der Waals surface area contributed by atoms with Crippen molar-refractivity contribution in [3.8, 4) is 5.69 Å². The Morgan fingerprint density at radius 2 is 1.61 bits per heavy atom. The lowest BCUT2D eigenvalue weighted by Crippen LogP contribution is -2.26. The molecule has 0 spiro atoms. The van der Waals surface area contributed by atoms with Crippen LogP contribution in [0.15, 0.2) is 82.8 Å². The number of rotatable bonds is 7. The molecule has 4 rings (SSSR count). The number of amides is 1. The first-order valence-corrected chi connectivity index (χ1v) is 13.8. The van der Waals surface area contributed by atoms with Gasteiger partial charge >= 0.3 is 0 Å². The van der Waals surface area contributed by atoms with Crippen LogP contribution < -0.4 is 9.73 Å². The summed E-state index contributed by atoms with van der Waals surface area (Å²) in [6.45, 7) is 5.77. The molecule has 0 atom stereocenters. The summed E-state index contributed by atoms with van der Waals surface area (Å²) in [6, 6.07) is 20.1. The van der Waals surface area contributed by atoms with Gasteiger partial charge in [-0.25, -0.2) is 13.8 Å². The number of sulfonamides is 1. The minimum absolute atomic E-state index is 0.194. The number of aromatic nitrogens is 1. The van der Waals surface area contributed by atoms with E-state index in [4.69, 9.17) is 23.2 Å². The van der Waals surface area contributed by atoms with Gasteiger partial charge in [0.05, 0.1) is 27.5 Å². The first-order chi connectivity index (χ1) is 18.0. The molecule has 3 aromatic carbocycles. The van der Waals surface area contributed by atoms with Crippen LogP contribution in [-0.2, 0) is 10.0 Å². The van der Waals surface area contributed by atoms with E-state index in [1.54, 1.807) is 66.9 Å². The number of nitrogens with one attached hydrogen (secondary N) is 1. The Morgan fingerprint density at radius 3 is 2.24 bits per heavy atom. The molecule has 0 fully saturated rings. The summed E-state index contributed by atoms with van der Waals surface area (Å²) in [4.78, 5) is 12.8. The Morgan fingerprint density at radius 1 is 0.947 bits per heavy atom. The summed E-state index contributed by atoms with van der Waals surface area (Å²) in [5.41, 5.74) is 7.70. The number of halogens is 2. The fraction of sp³-hybridized carbons (Fsp3) is 0.143. The number of hydrogen-bond donors (Lipinski definition) is 1. The van der Waals surface area contributed by atoms with Crippen LogP contribution in [0.1, 0.15) is 32.9 Å². The maximum atomic E-state index is 12.9. The molecule has 0 saturated heterocycles. The summed E-state index contributed by atoms with van der Waals surface area (Å²) < 4.78 is 29.0. The van der Waals surface area contributed by atoms with Crippen molar-refractivity contribution in [2.45, 2.75) is 25.7 Å². The van der Waals surface area contributed by atoms with Gasteiger partial charge in [0.25, 0.3) is 15.9 Å². The van der Waals surface area contributed by atoms with Crippen LogP contribution in [0.5, 0.6) is 0 Å². The molecule has 0 aliphatic carbocycles. The van der Waals surface area contributed by atoms with Crippen LogP contribution >= 0.6 is 23.2 Å². The van der Waals surface area contributed by atoms with Crippen LogP contribution in [0, 0.1) is 20.8 Å². The van der Waals surface area contributed by atoms with Gasteiger partial charge < -0.3 is 4.57 Å². The second-order valence-corrected chi connectivity index (χ2v) is 11.6. The third-order valence-corrected chi connectivity index (χ3v) is 8.50. The van der Waals surface area contributed by atoms with Gasteiger partial charge in [-0.1, -0.05) is 40.9 Å². The lowest BCUT2D eigenvalue weighted by atomic mass is 10.2. The molecule has 1 amide bonds. The Balaban J connectivity index is 1.46. The monoisotopic (exact) mass is 568 g/mol. The average molecular weight is 570 g/mol. The maximum Gasteiger partial charge on any atom is 0.271 e. The van der Waals surface area contributed by atoms with Crippen LogP contribution in [0.3, 0.4) is 0 Å². The van der Waals surface area contributed by atoms with Crippen molar-refractivity contribution in [2.24, 2.45) is 5.10 Å². The van der Waals surface area contributed by atoms with Gasteiger partial charge in [-0.2, -0.15) is 5.10 Å². The largest absolute Gasteiger partial charge is 0.316 e. The van der Waals surface area contributed by atoms with Crippen molar-refractivity contribution in [3.63, 3.8) is 0 Å². The molecular formula is C28H26Cl2N4O3S. The molecule has 0 saturated carbocycles. The van der Waals surface area contributed by atoms with Gasteiger partial charge in [0.15, 0.2) is 0 Å². The van der Waals surface area contributed by atoms with Crippen molar-refractivity contribution in [2.75, 3.05) is 11.4 Å². The predicted octanol–water partition coefficient (Wildman–Crippen LogP) is 6.30. The fourth-order valence-corrected chi connectivity index (χ4v) is 5.70. The third kappa shape index (κ3) is 5.62. The number of aryl methyl sites for hydroxylation is 2. The minimum atomic E-state index is -3.72. The zero-order valence-electron chi connectivity index (χ0n) is 21.2. The average Bonchev–Trinajstić information content (AvgIpc) is 3.16. The summed E-state index contributed by atoms with van der Waals surface area (Å²) in [5, 5.41) is 5.19. The lowest BCUT2D eigenvalue weighted by molar-refractivity contribution is 0.0955. The highest BCUT2D eigenvalue weighted by atomic mass is 35.5. The molecule has 196 valence electrons. The normalized spacial score (nSPS) is 11.6. The van der Waals surface area contributed by atoms with Gasteiger partial charge in [-0.3, -0.25) is 9.10 Å². The fourth-order valence-electron chi connectivity index (χ4n) is 4.01. The van der Waals surface area contributed by atoms with Crippen LogP contribution in [0.2, 0.25) is 10.0 Å². The van der Waals surface area contributed by atoms with Crippen molar-refractivity contribution < 1.29 is 13.2 Å². The zero-order chi connectivity index (χ0) is 27.6. The van der Waals surface area contributed by atoms with Crippen molar-refractivity contribution in [1.82, 2.24) is 9.99 Å². The number of hydrazone groups is 1. The van der Waals surface area contributed by atoms with E-state index in [1.807, 2.05) is 37.5 Å². The highest BCUT2D eigenvalue weighted by Gasteiger charge is 2.21. The van der Waals surface area contributed by atoms with E-state index in [2.05, 4.69) is 10.5 Å². The van der Waals surface area contributed by atoms with Crippen LogP contribution in [0.4, 0.5) is 5.69 Å². The number of benzene rings is 3. The zero-order valence-corrected chi connectivity index (χ0v) is 23.6. The first kappa shape index (κ1) is 27.4. The molecule has 0 bridgehead atoms. The van der Waals surface area contributed by atoms with Gasteiger partial charge in [0, 0.05) is 34.6 Å². The maximum absolute atomic E-state index is 12.9. The standard InChI is InChI=1S/C28H26Cl2N4O3S/c1-18-5-12-25(13-6-18)38(36,37)33(4)24-10-7-21(8-11-24)28(35)32-31-17-22-15-19(2)34(20(22)3)27-14-9-23(29)16-26(27)30/h5-17H,1-4H3,(H,32,35)/b31-17-. The second kappa shape index (κ2) is 11.0. The van der Waals surface area contributed by atoms with E-state index < -0.39 is 15.9 Å². The highest BCUT2D eigenvalue weighted by molar-refractivity contribution is 7.92. The SMILES string of the molecule is Cc1ccc(S(=O)(=O)N(C)c2ccc(C(=O)N/N=C\c3cc(C)n(-c4ccc(Cl)cc4Cl)c3C)cc2)cc1. The number of anilines is 1. The lowest BCUT2D eigenvalue weighted by Gasteiger charge is -2.19. The van der Waals surface area contributed by atoms with Crippen LogP contribution in [-0.4, -0.2) is 32.2 Å². The molecule has 0 aliphatic rings. The highest BCUT2D eigenvalue weighted by Crippen LogP contribution is 2.28. The summed E-state index contributed by atoms with van der Waals surface area (Å²) in [5.74, 6) is -0.425. The van der Waals surface area contributed by atoms with Gasteiger partial charge in [-0.05, 0) is 81.4 Å². The molecule has 4 aromatic rings. The summed E-state index contributed by atoms with van der Waals surface area (Å²) >= 11 is 12.4. The number of nitrogens with zero attached hydrogens (tertiary/aromatic N) is 3. The van der Waals surface area contributed by atoms with Gasteiger partial charge in [0.1, 0.15) is 0 Å². The van der Waals surface area contributed by atoms with E-state index in [0.717, 1.165) is 28.2 Å². The Hall–Kier alpha value is -3.59. The van der Waals surface area contributed by atoms with E-state index in [0.29, 0.717) is 21.3 Å². The molecular weight excluding hydrogens is 543 g/mol. The molecule has 1 aromatic heterocycles. The molecule has 7 nitrogen and oxygen atoms in total. The Kier molecular flexibility index (Phi) is 7.97. The number of carbonyl (C=O) groups is 1. The summed E-state index contributed by atoms with van der Waals surface area (Å²) in [6.07, 6.45) is 1.57. The van der Waals surface area contributed by atoms with Crippen molar-refractivity contribution in [1.29, 1.82) is 0 Å². The van der Waals surface area contributed by atoms with E-state index >= 15 is 0 Å².